The quantitative estimate of drug-likeness (QED) is 0.172. The van der Waals surface area contributed by atoms with Gasteiger partial charge in [-0.05, 0) is 66.9 Å². The number of aromatic nitrogens is 4. The first kappa shape index (κ1) is 29.3. The van der Waals surface area contributed by atoms with Gasteiger partial charge in [0, 0.05) is 10.9 Å². The Hall–Kier alpha value is -5.24. The van der Waals surface area contributed by atoms with Gasteiger partial charge < -0.3 is 14.6 Å². The van der Waals surface area contributed by atoms with Gasteiger partial charge >= 0.3 is 12.3 Å². The predicted octanol–water partition coefficient (Wildman–Crippen LogP) is 5.94. The van der Waals surface area contributed by atoms with Gasteiger partial charge in [-0.25, -0.2) is 14.5 Å². The van der Waals surface area contributed by atoms with Gasteiger partial charge in [0.1, 0.15) is 23.5 Å². The first-order valence-corrected chi connectivity index (χ1v) is 13.4. The van der Waals surface area contributed by atoms with Crippen LogP contribution in [0.25, 0.3) is 22.8 Å². The molecule has 0 aliphatic heterocycles. The van der Waals surface area contributed by atoms with Crippen molar-refractivity contribution in [3.05, 3.63) is 99.6 Å². The number of rotatable bonds is 8. The molecule has 0 atom stereocenters. The second-order valence-corrected chi connectivity index (χ2v) is 10.0. The van der Waals surface area contributed by atoms with E-state index in [4.69, 9.17) is 4.74 Å². The van der Waals surface area contributed by atoms with Crippen LogP contribution in [-0.2, 0) is 0 Å². The Bertz CT molecular complexity index is 1850. The molecule has 14 heteroatoms. The number of halogens is 3. The minimum Gasteiger partial charge on any atom is -0.497 e. The summed E-state index contributed by atoms with van der Waals surface area (Å²) >= 11 is 1.16. The fourth-order valence-electron chi connectivity index (χ4n) is 4.32. The summed E-state index contributed by atoms with van der Waals surface area (Å²) in [5.74, 6) is -0.338. The summed E-state index contributed by atoms with van der Waals surface area (Å²) in [6.45, 7) is 3.74. The molecule has 0 bridgehead atoms. The summed E-state index contributed by atoms with van der Waals surface area (Å²) in [5.41, 5.74) is 4.34. The molecule has 2 heterocycles. The van der Waals surface area contributed by atoms with E-state index in [2.05, 4.69) is 25.0 Å². The number of aromatic carboxylic acids is 1. The van der Waals surface area contributed by atoms with Crippen LogP contribution in [0.2, 0.25) is 0 Å². The highest BCUT2D eigenvalue weighted by Crippen LogP contribution is 2.26. The summed E-state index contributed by atoms with van der Waals surface area (Å²) in [7, 11) is 1.57. The molecule has 0 amide bonds. The van der Waals surface area contributed by atoms with Crippen molar-refractivity contribution in [2.24, 2.45) is 10.2 Å². The molecule has 0 unspecified atom stereocenters. The maximum absolute atomic E-state index is 12.4. The number of aryl methyl sites for hydroxylation is 2. The SMILES string of the molecule is COc1cc(C)c(-n2c(C(=O)O)cs/c2=N\N=C/c2ccc(-c3ncn(-c4ccc(OC(F)(F)F)cc4)n3)cc2)c(C)c1. The molecule has 43 heavy (non-hydrogen) atoms. The first-order chi connectivity index (χ1) is 20.5. The molecule has 0 saturated heterocycles. The Morgan fingerprint density at radius 1 is 1.02 bits per heavy atom. The topological polar surface area (TPSA) is 116 Å². The molecule has 220 valence electrons. The zero-order valence-electron chi connectivity index (χ0n) is 22.9. The summed E-state index contributed by atoms with van der Waals surface area (Å²) in [4.78, 5) is 16.6. The van der Waals surface area contributed by atoms with Gasteiger partial charge in [0.25, 0.3) is 0 Å². The third-order valence-corrected chi connectivity index (χ3v) is 7.01. The van der Waals surface area contributed by atoms with Crippen molar-refractivity contribution < 1.29 is 32.5 Å². The van der Waals surface area contributed by atoms with Gasteiger partial charge in [-0.15, -0.1) is 34.7 Å². The summed E-state index contributed by atoms with van der Waals surface area (Å²) < 4.78 is 49.4. The van der Waals surface area contributed by atoms with Crippen molar-refractivity contribution in [2.45, 2.75) is 20.2 Å². The summed E-state index contributed by atoms with van der Waals surface area (Å²) in [6.07, 6.45) is -1.77. The smallest absolute Gasteiger partial charge is 0.497 e. The van der Waals surface area contributed by atoms with Crippen LogP contribution in [0.4, 0.5) is 13.2 Å². The number of hydrogen-bond acceptors (Lipinski definition) is 8. The summed E-state index contributed by atoms with van der Waals surface area (Å²) in [6, 6.07) is 16.1. The highest BCUT2D eigenvalue weighted by molar-refractivity contribution is 7.07. The van der Waals surface area contributed by atoms with Crippen LogP contribution in [0, 0.1) is 13.8 Å². The second-order valence-electron chi connectivity index (χ2n) is 9.17. The Balaban J connectivity index is 1.35. The lowest BCUT2D eigenvalue weighted by atomic mass is 10.1. The van der Waals surface area contributed by atoms with Crippen molar-refractivity contribution in [2.75, 3.05) is 7.11 Å². The Morgan fingerprint density at radius 3 is 2.30 bits per heavy atom. The first-order valence-electron chi connectivity index (χ1n) is 12.6. The van der Waals surface area contributed by atoms with Gasteiger partial charge in [0.05, 0.1) is 24.7 Å². The Kier molecular flexibility index (Phi) is 8.12. The van der Waals surface area contributed by atoms with Crippen molar-refractivity contribution in [1.29, 1.82) is 0 Å². The van der Waals surface area contributed by atoms with Gasteiger partial charge in [-0.2, -0.15) is 5.10 Å². The number of carbonyl (C=O) groups is 1. The molecule has 0 saturated carbocycles. The number of nitrogens with zero attached hydrogens (tertiary/aromatic N) is 6. The van der Waals surface area contributed by atoms with Crippen LogP contribution in [0.1, 0.15) is 27.2 Å². The number of carboxylic acid groups (broad SMARTS) is 1. The fraction of sp³-hybridized carbons (Fsp3) is 0.138. The molecule has 0 fully saturated rings. The monoisotopic (exact) mass is 608 g/mol. The molecule has 0 aliphatic rings. The molecule has 5 rings (SSSR count). The van der Waals surface area contributed by atoms with Crippen LogP contribution in [0.3, 0.4) is 0 Å². The van der Waals surface area contributed by atoms with Crippen LogP contribution < -0.4 is 14.3 Å². The van der Waals surface area contributed by atoms with Crippen LogP contribution >= 0.6 is 11.3 Å². The highest BCUT2D eigenvalue weighted by atomic mass is 32.1. The molecule has 0 aliphatic carbocycles. The maximum atomic E-state index is 12.4. The van der Waals surface area contributed by atoms with Crippen molar-refractivity contribution in [1.82, 2.24) is 19.3 Å². The van der Waals surface area contributed by atoms with Gasteiger partial charge in [-0.1, -0.05) is 24.3 Å². The number of benzene rings is 3. The van der Waals surface area contributed by atoms with E-state index in [1.54, 1.807) is 42.2 Å². The fourth-order valence-corrected chi connectivity index (χ4v) is 5.13. The van der Waals surface area contributed by atoms with E-state index >= 15 is 0 Å². The van der Waals surface area contributed by atoms with E-state index in [0.29, 0.717) is 33.3 Å². The second kappa shape index (κ2) is 11.9. The Morgan fingerprint density at radius 2 is 1.70 bits per heavy atom. The number of alkyl halides is 3. The third kappa shape index (κ3) is 6.64. The molecule has 2 aromatic heterocycles. The number of methoxy groups -OCH3 is 1. The largest absolute Gasteiger partial charge is 0.573 e. The lowest BCUT2D eigenvalue weighted by Gasteiger charge is -2.14. The zero-order chi connectivity index (χ0) is 30.7. The molecule has 0 radical (unpaired) electrons. The van der Waals surface area contributed by atoms with E-state index in [0.717, 1.165) is 28.0 Å². The van der Waals surface area contributed by atoms with E-state index < -0.39 is 12.3 Å². The lowest BCUT2D eigenvalue weighted by Crippen LogP contribution is -2.20. The van der Waals surface area contributed by atoms with Crippen LogP contribution in [0.15, 0.2) is 82.6 Å². The number of hydrogen-bond donors (Lipinski definition) is 1. The van der Waals surface area contributed by atoms with E-state index in [1.165, 1.54) is 40.7 Å². The van der Waals surface area contributed by atoms with E-state index in [9.17, 15) is 23.1 Å². The van der Waals surface area contributed by atoms with Crippen molar-refractivity contribution in [3.8, 4) is 34.3 Å². The molecule has 1 N–H and O–H groups in total. The zero-order valence-corrected chi connectivity index (χ0v) is 23.7. The highest BCUT2D eigenvalue weighted by Gasteiger charge is 2.31. The predicted molar refractivity (Wildman–Crippen MR) is 153 cm³/mol. The van der Waals surface area contributed by atoms with E-state index in [-0.39, 0.29) is 11.4 Å². The number of ether oxygens (including phenoxy) is 2. The van der Waals surface area contributed by atoms with Gasteiger partial charge in [-0.3, -0.25) is 4.57 Å². The molecule has 3 aromatic carbocycles. The van der Waals surface area contributed by atoms with Crippen LogP contribution in [-0.4, -0.2) is 50.1 Å². The summed E-state index contributed by atoms with van der Waals surface area (Å²) in [5, 5.41) is 24.2. The van der Waals surface area contributed by atoms with Crippen molar-refractivity contribution in [3.63, 3.8) is 0 Å². The molecular formula is C29H23F3N6O4S. The number of carboxylic acids is 1. The van der Waals surface area contributed by atoms with Crippen LogP contribution in [0.5, 0.6) is 11.5 Å². The average molecular weight is 609 g/mol. The molecular weight excluding hydrogens is 585 g/mol. The van der Waals surface area contributed by atoms with Gasteiger partial charge in [0.2, 0.25) is 4.80 Å². The molecule has 5 aromatic rings. The minimum absolute atomic E-state index is 0.0668. The molecule has 0 spiro atoms. The third-order valence-electron chi connectivity index (χ3n) is 6.20. The number of thiazole rings is 1. The minimum atomic E-state index is -4.77. The van der Waals surface area contributed by atoms with E-state index in [1.807, 2.05) is 26.0 Å². The molecule has 10 nitrogen and oxygen atoms in total. The average Bonchev–Trinajstić information content (AvgIpc) is 3.61. The Labute approximate surface area is 246 Å². The normalized spacial score (nSPS) is 12.2. The maximum Gasteiger partial charge on any atom is 0.573 e. The van der Waals surface area contributed by atoms with Crippen molar-refractivity contribution >= 4 is 23.5 Å². The standard InChI is InChI=1S/C29H23F3N6O4S/c1-17-12-23(41-3)13-18(2)25(17)38-24(27(39)40)15-43-28(38)35-34-14-19-4-6-20(7-5-19)26-33-16-37(36-26)21-8-10-22(11-9-21)42-29(30,31)32/h4-16H,1-3H3,(H,39,40)/b34-14-,35-28-. The lowest BCUT2D eigenvalue weighted by molar-refractivity contribution is -0.274. The van der Waals surface area contributed by atoms with Gasteiger partial charge in [0.15, 0.2) is 5.82 Å².